The summed E-state index contributed by atoms with van der Waals surface area (Å²) in [7, 11) is 1.70. The standard InChI is InChI=1S/C27H31N3O3/c1-3-4-14-23(31)21(17-18-15-16-18)26(32)29-25-27(33)30(2)22-13-9-8-12-20(22)24(28-25)19-10-6-5-7-11-19/h3,5-13,18,21,23,25,31H,1,4,14-17H2,2H3,(H,29,32)/t21?,23?,25-/m1/s1. The second-order valence-electron chi connectivity index (χ2n) is 8.89. The zero-order chi connectivity index (χ0) is 23.4. The van der Waals surface area contributed by atoms with E-state index in [1.807, 2.05) is 54.6 Å². The number of anilines is 1. The largest absolute Gasteiger partial charge is 0.392 e. The summed E-state index contributed by atoms with van der Waals surface area (Å²) in [6.07, 6.45) is 3.77. The fourth-order valence-electron chi connectivity index (χ4n) is 4.33. The van der Waals surface area contributed by atoms with Gasteiger partial charge in [0, 0.05) is 18.2 Å². The highest BCUT2D eigenvalue weighted by Gasteiger charge is 2.37. The number of carbonyl (C=O) groups is 2. The number of benzodiazepines with no additional fused rings is 1. The number of aliphatic hydroxyl groups excluding tert-OH is 1. The first-order chi connectivity index (χ1) is 16.0. The predicted molar refractivity (Wildman–Crippen MR) is 130 cm³/mol. The first kappa shape index (κ1) is 22.9. The van der Waals surface area contributed by atoms with Crippen molar-refractivity contribution < 1.29 is 14.7 Å². The Hall–Kier alpha value is -3.25. The summed E-state index contributed by atoms with van der Waals surface area (Å²) in [5, 5.41) is 13.6. The molecular formula is C27H31N3O3. The van der Waals surface area contributed by atoms with Crippen molar-refractivity contribution in [2.75, 3.05) is 11.9 Å². The zero-order valence-corrected chi connectivity index (χ0v) is 19.0. The number of aliphatic imine (C=N–C) groups is 1. The van der Waals surface area contributed by atoms with Crippen molar-refractivity contribution in [3.63, 3.8) is 0 Å². The van der Waals surface area contributed by atoms with Crippen molar-refractivity contribution in [2.24, 2.45) is 16.8 Å². The third-order valence-electron chi connectivity index (χ3n) is 6.42. The molecule has 2 aromatic rings. The van der Waals surface area contributed by atoms with E-state index in [9.17, 15) is 14.7 Å². The number of hydrogen-bond acceptors (Lipinski definition) is 4. The predicted octanol–water partition coefficient (Wildman–Crippen LogP) is 3.69. The van der Waals surface area contributed by atoms with Gasteiger partial charge in [-0.15, -0.1) is 6.58 Å². The molecule has 1 aliphatic carbocycles. The molecule has 0 bridgehead atoms. The van der Waals surface area contributed by atoms with Crippen LogP contribution in [-0.4, -0.2) is 41.9 Å². The summed E-state index contributed by atoms with van der Waals surface area (Å²) >= 11 is 0. The molecule has 0 radical (unpaired) electrons. The molecule has 172 valence electrons. The number of nitrogens with one attached hydrogen (secondary N) is 1. The molecule has 1 heterocycles. The van der Waals surface area contributed by atoms with E-state index >= 15 is 0 Å². The lowest BCUT2D eigenvalue weighted by Gasteiger charge is -2.25. The van der Waals surface area contributed by atoms with Gasteiger partial charge < -0.3 is 15.3 Å². The molecule has 1 aliphatic heterocycles. The number of nitrogens with zero attached hydrogens (tertiary/aromatic N) is 2. The summed E-state index contributed by atoms with van der Waals surface area (Å²) < 4.78 is 0. The SMILES string of the molecule is C=CCCC(O)C(CC1CC1)C(=O)N[C@H]1N=C(c2ccccc2)c2ccccc2N(C)C1=O. The van der Waals surface area contributed by atoms with Crippen LogP contribution in [0.15, 0.2) is 72.2 Å². The maximum atomic E-state index is 13.3. The van der Waals surface area contributed by atoms with Crippen molar-refractivity contribution in [1.29, 1.82) is 0 Å². The second-order valence-corrected chi connectivity index (χ2v) is 8.89. The van der Waals surface area contributed by atoms with Crippen LogP contribution in [0.1, 0.15) is 43.2 Å². The van der Waals surface area contributed by atoms with E-state index in [1.165, 1.54) is 0 Å². The number of allylic oxidation sites excluding steroid dienone is 1. The number of para-hydroxylation sites is 1. The van der Waals surface area contributed by atoms with Crippen LogP contribution in [-0.2, 0) is 9.59 Å². The molecule has 0 saturated heterocycles. The summed E-state index contributed by atoms with van der Waals surface area (Å²) in [5.74, 6) is -0.754. The minimum absolute atomic E-state index is 0.313. The van der Waals surface area contributed by atoms with Gasteiger partial charge in [0.1, 0.15) is 0 Å². The molecule has 6 nitrogen and oxygen atoms in total. The lowest BCUT2D eigenvalue weighted by Crippen LogP contribution is -2.49. The third-order valence-corrected chi connectivity index (χ3v) is 6.42. The normalized spacial score (nSPS) is 19.7. The molecule has 2 amide bonds. The molecule has 6 heteroatoms. The van der Waals surface area contributed by atoms with Crippen LogP contribution in [0.5, 0.6) is 0 Å². The van der Waals surface area contributed by atoms with E-state index < -0.39 is 18.2 Å². The molecule has 1 fully saturated rings. The van der Waals surface area contributed by atoms with E-state index in [1.54, 1.807) is 18.0 Å². The molecule has 2 unspecified atom stereocenters. The number of rotatable bonds is 9. The number of likely N-dealkylation sites (N-methyl/N-ethyl adjacent to an activating group) is 1. The Morgan fingerprint density at radius 2 is 1.91 bits per heavy atom. The number of carbonyl (C=O) groups excluding carboxylic acids is 2. The minimum atomic E-state index is -1.07. The Morgan fingerprint density at radius 1 is 1.21 bits per heavy atom. The third kappa shape index (κ3) is 5.22. The van der Waals surface area contributed by atoms with E-state index in [0.717, 1.165) is 29.7 Å². The lowest BCUT2D eigenvalue weighted by molar-refractivity contribution is -0.133. The highest BCUT2D eigenvalue weighted by Crippen LogP contribution is 2.37. The Balaban J connectivity index is 1.66. The number of benzene rings is 2. The van der Waals surface area contributed by atoms with Gasteiger partial charge in [-0.05, 0) is 31.2 Å². The number of amides is 2. The van der Waals surface area contributed by atoms with Crippen LogP contribution >= 0.6 is 0 Å². The van der Waals surface area contributed by atoms with Gasteiger partial charge in [-0.25, -0.2) is 4.99 Å². The van der Waals surface area contributed by atoms with Crippen LogP contribution in [0.4, 0.5) is 5.69 Å². The Bertz CT molecular complexity index is 1050. The molecule has 4 rings (SSSR count). The fourth-order valence-corrected chi connectivity index (χ4v) is 4.33. The Labute approximate surface area is 195 Å². The van der Waals surface area contributed by atoms with E-state index in [-0.39, 0.29) is 11.8 Å². The van der Waals surface area contributed by atoms with E-state index in [2.05, 4.69) is 11.9 Å². The van der Waals surface area contributed by atoms with Crippen LogP contribution < -0.4 is 10.2 Å². The zero-order valence-electron chi connectivity index (χ0n) is 19.0. The van der Waals surface area contributed by atoms with Crippen molar-refractivity contribution >= 4 is 23.2 Å². The van der Waals surface area contributed by atoms with Gasteiger partial charge in [-0.1, -0.05) is 67.4 Å². The molecular weight excluding hydrogens is 414 g/mol. The van der Waals surface area contributed by atoms with E-state index in [0.29, 0.717) is 30.9 Å². The number of aliphatic hydroxyl groups is 1. The van der Waals surface area contributed by atoms with Crippen molar-refractivity contribution in [2.45, 2.75) is 44.4 Å². The van der Waals surface area contributed by atoms with Crippen LogP contribution in [0, 0.1) is 11.8 Å². The van der Waals surface area contributed by atoms with Gasteiger partial charge in [-0.2, -0.15) is 0 Å². The highest BCUT2D eigenvalue weighted by atomic mass is 16.3. The van der Waals surface area contributed by atoms with Crippen molar-refractivity contribution in [3.8, 4) is 0 Å². The number of hydrogen-bond donors (Lipinski definition) is 2. The smallest absolute Gasteiger partial charge is 0.272 e. The summed E-state index contributed by atoms with van der Waals surface area (Å²) in [6, 6.07) is 17.3. The van der Waals surface area contributed by atoms with Gasteiger partial charge in [-0.3, -0.25) is 9.59 Å². The summed E-state index contributed by atoms with van der Waals surface area (Å²) in [4.78, 5) is 33.0. The lowest BCUT2D eigenvalue weighted by atomic mass is 9.91. The first-order valence-corrected chi connectivity index (χ1v) is 11.6. The number of fused-ring (bicyclic) bond motifs is 1. The minimum Gasteiger partial charge on any atom is -0.392 e. The van der Waals surface area contributed by atoms with Gasteiger partial charge in [0.25, 0.3) is 5.91 Å². The molecule has 0 spiro atoms. The highest BCUT2D eigenvalue weighted by molar-refractivity contribution is 6.20. The molecule has 33 heavy (non-hydrogen) atoms. The monoisotopic (exact) mass is 445 g/mol. The second kappa shape index (κ2) is 10.1. The first-order valence-electron chi connectivity index (χ1n) is 11.6. The maximum Gasteiger partial charge on any atom is 0.272 e. The fraction of sp³-hybridized carbons (Fsp3) is 0.370. The molecule has 2 aliphatic rings. The molecule has 0 aromatic heterocycles. The van der Waals surface area contributed by atoms with Crippen molar-refractivity contribution in [3.05, 3.63) is 78.4 Å². The van der Waals surface area contributed by atoms with Gasteiger partial charge >= 0.3 is 0 Å². The summed E-state index contributed by atoms with van der Waals surface area (Å²) in [5.41, 5.74) is 3.09. The Kier molecular flexibility index (Phi) is 7.04. The average Bonchev–Trinajstić information content (AvgIpc) is 3.67. The van der Waals surface area contributed by atoms with Gasteiger partial charge in [0.05, 0.1) is 23.4 Å². The van der Waals surface area contributed by atoms with Crippen LogP contribution in [0.3, 0.4) is 0 Å². The maximum absolute atomic E-state index is 13.3. The van der Waals surface area contributed by atoms with Crippen LogP contribution in [0.2, 0.25) is 0 Å². The van der Waals surface area contributed by atoms with Gasteiger partial charge in [0.2, 0.25) is 12.1 Å². The average molecular weight is 446 g/mol. The van der Waals surface area contributed by atoms with Gasteiger partial charge in [0.15, 0.2) is 0 Å². The van der Waals surface area contributed by atoms with E-state index in [4.69, 9.17) is 4.99 Å². The molecule has 1 saturated carbocycles. The molecule has 2 aromatic carbocycles. The van der Waals surface area contributed by atoms with Crippen molar-refractivity contribution in [1.82, 2.24) is 5.32 Å². The topological polar surface area (TPSA) is 82.0 Å². The van der Waals surface area contributed by atoms with Crippen LogP contribution in [0.25, 0.3) is 0 Å². The Morgan fingerprint density at radius 3 is 2.61 bits per heavy atom. The molecule has 3 atom stereocenters. The summed E-state index contributed by atoms with van der Waals surface area (Å²) in [6.45, 7) is 3.71. The quantitative estimate of drug-likeness (QED) is 0.578. The molecule has 2 N–H and O–H groups in total.